The van der Waals surface area contributed by atoms with Crippen molar-refractivity contribution in [1.82, 2.24) is 15.2 Å². The summed E-state index contributed by atoms with van der Waals surface area (Å²) in [6.07, 6.45) is 4.67. The molecule has 3 rings (SSSR count). The normalized spacial score (nSPS) is 23.6. The maximum absolute atomic E-state index is 5.86. The third kappa shape index (κ3) is 2.62. The van der Waals surface area contributed by atoms with Gasteiger partial charge in [0.2, 0.25) is 0 Å². The molecule has 1 aliphatic carbocycles. The average molecular weight is 252 g/mol. The molecule has 2 fully saturated rings. The van der Waals surface area contributed by atoms with Crippen LogP contribution >= 0.6 is 11.6 Å². The molecule has 0 aromatic carbocycles. The maximum atomic E-state index is 5.86. The van der Waals surface area contributed by atoms with Gasteiger partial charge in [-0.25, -0.2) is 4.98 Å². The highest BCUT2D eigenvalue weighted by Crippen LogP contribution is 2.44. The van der Waals surface area contributed by atoms with E-state index in [2.05, 4.69) is 21.3 Å². The molecule has 1 saturated heterocycles. The van der Waals surface area contributed by atoms with Gasteiger partial charge in [0.1, 0.15) is 5.15 Å². The minimum absolute atomic E-state index is 0.557. The van der Waals surface area contributed by atoms with E-state index in [-0.39, 0.29) is 0 Å². The second-order valence-electron chi connectivity index (χ2n) is 4.98. The highest BCUT2D eigenvalue weighted by molar-refractivity contribution is 6.29. The first-order valence-electron chi connectivity index (χ1n) is 6.41. The predicted molar refractivity (Wildman–Crippen MR) is 69.2 cm³/mol. The molecule has 2 aliphatic rings. The fourth-order valence-corrected chi connectivity index (χ4v) is 2.83. The second-order valence-corrected chi connectivity index (χ2v) is 5.37. The van der Waals surface area contributed by atoms with Crippen molar-refractivity contribution in [2.45, 2.75) is 18.9 Å². The quantitative estimate of drug-likeness (QED) is 0.834. The Morgan fingerprint density at radius 2 is 2.06 bits per heavy atom. The van der Waals surface area contributed by atoms with Crippen LogP contribution in [-0.4, -0.2) is 36.1 Å². The minimum Gasteiger partial charge on any atom is -0.314 e. The molecule has 4 heteroatoms. The van der Waals surface area contributed by atoms with Crippen LogP contribution in [-0.2, 0) is 0 Å². The van der Waals surface area contributed by atoms with E-state index in [0.717, 1.165) is 32.1 Å². The summed E-state index contributed by atoms with van der Waals surface area (Å²) in [5.41, 5.74) is 1.33. The summed E-state index contributed by atoms with van der Waals surface area (Å²) >= 11 is 5.86. The highest BCUT2D eigenvalue weighted by Gasteiger charge is 2.36. The van der Waals surface area contributed by atoms with Crippen LogP contribution in [0.3, 0.4) is 0 Å². The SMILES string of the molecule is Clc1ccc([C@H](C2CC2)N2CCNCC2)cn1. The van der Waals surface area contributed by atoms with E-state index >= 15 is 0 Å². The average Bonchev–Trinajstić information content (AvgIpc) is 3.18. The molecule has 3 nitrogen and oxygen atoms in total. The lowest BCUT2D eigenvalue weighted by atomic mass is 10.0. The molecule has 2 heterocycles. The van der Waals surface area contributed by atoms with Gasteiger partial charge >= 0.3 is 0 Å². The topological polar surface area (TPSA) is 28.2 Å². The predicted octanol–water partition coefficient (Wildman–Crippen LogP) is 2.09. The van der Waals surface area contributed by atoms with Crippen molar-refractivity contribution in [1.29, 1.82) is 0 Å². The standard InChI is InChI=1S/C13H18ClN3/c14-12-4-3-11(9-16-12)13(10-1-2-10)17-7-5-15-6-8-17/h3-4,9-10,13,15H,1-2,5-8H2/t13-/m0/s1. The molecule has 1 saturated carbocycles. The molecule has 0 unspecified atom stereocenters. The van der Waals surface area contributed by atoms with Gasteiger partial charge in [-0.15, -0.1) is 0 Å². The van der Waals surface area contributed by atoms with Crippen LogP contribution < -0.4 is 5.32 Å². The first-order valence-corrected chi connectivity index (χ1v) is 6.78. The Labute approximate surface area is 107 Å². The van der Waals surface area contributed by atoms with Gasteiger partial charge in [-0.3, -0.25) is 4.90 Å². The van der Waals surface area contributed by atoms with Crippen LogP contribution in [0.5, 0.6) is 0 Å². The number of piperazine rings is 1. The van der Waals surface area contributed by atoms with Crippen molar-refractivity contribution >= 4 is 11.6 Å². The van der Waals surface area contributed by atoms with Crippen LogP contribution in [0.1, 0.15) is 24.4 Å². The van der Waals surface area contributed by atoms with Gasteiger partial charge in [-0.05, 0) is 30.4 Å². The van der Waals surface area contributed by atoms with Crippen molar-refractivity contribution in [3.63, 3.8) is 0 Å². The van der Waals surface area contributed by atoms with Crippen molar-refractivity contribution in [2.75, 3.05) is 26.2 Å². The lowest BCUT2D eigenvalue weighted by Gasteiger charge is -2.35. The number of pyridine rings is 1. The van der Waals surface area contributed by atoms with Crippen LogP contribution in [0.4, 0.5) is 0 Å². The Morgan fingerprint density at radius 3 is 2.65 bits per heavy atom. The van der Waals surface area contributed by atoms with Crippen LogP contribution in [0.15, 0.2) is 18.3 Å². The third-order valence-corrected chi connectivity index (χ3v) is 3.93. The van der Waals surface area contributed by atoms with Gasteiger partial charge in [-0.1, -0.05) is 17.7 Å². The number of hydrogen-bond donors (Lipinski definition) is 1. The lowest BCUT2D eigenvalue weighted by molar-refractivity contribution is 0.156. The summed E-state index contributed by atoms with van der Waals surface area (Å²) in [5, 5.41) is 4.00. The molecule has 1 N–H and O–H groups in total. The summed E-state index contributed by atoms with van der Waals surface area (Å²) in [7, 11) is 0. The molecular weight excluding hydrogens is 234 g/mol. The number of halogens is 1. The Kier molecular flexibility index (Phi) is 3.32. The van der Waals surface area contributed by atoms with Crippen LogP contribution in [0.25, 0.3) is 0 Å². The fourth-order valence-electron chi connectivity index (χ4n) is 2.72. The largest absolute Gasteiger partial charge is 0.314 e. The lowest BCUT2D eigenvalue weighted by Crippen LogP contribution is -2.45. The van der Waals surface area contributed by atoms with E-state index in [0.29, 0.717) is 11.2 Å². The molecule has 1 aromatic heterocycles. The molecule has 0 amide bonds. The van der Waals surface area contributed by atoms with E-state index in [9.17, 15) is 0 Å². The number of aromatic nitrogens is 1. The Hall–Kier alpha value is -0.640. The number of nitrogens with one attached hydrogen (secondary N) is 1. The fraction of sp³-hybridized carbons (Fsp3) is 0.615. The number of rotatable bonds is 3. The first kappa shape index (κ1) is 11.5. The zero-order chi connectivity index (χ0) is 11.7. The van der Waals surface area contributed by atoms with Crippen molar-refractivity contribution in [3.05, 3.63) is 29.0 Å². The zero-order valence-corrected chi connectivity index (χ0v) is 10.7. The Bertz CT molecular complexity index is 369. The van der Waals surface area contributed by atoms with Crippen LogP contribution in [0, 0.1) is 5.92 Å². The highest BCUT2D eigenvalue weighted by atomic mass is 35.5. The van der Waals surface area contributed by atoms with Crippen LogP contribution in [0.2, 0.25) is 5.15 Å². The third-order valence-electron chi connectivity index (χ3n) is 3.71. The summed E-state index contributed by atoms with van der Waals surface area (Å²) in [6, 6.07) is 4.61. The van der Waals surface area contributed by atoms with Crippen molar-refractivity contribution < 1.29 is 0 Å². The molecule has 0 radical (unpaired) electrons. The molecule has 1 aliphatic heterocycles. The molecule has 1 atom stereocenters. The van der Waals surface area contributed by atoms with Gasteiger partial charge in [0.05, 0.1) is 0 Å². The van der Waals surface area contributed by atoms with Gasteiger partial charge in [-0.2, -0.15) is 0 Å². The second kappa shape index (κ2) is 4.92. The molecule has 0 bridgehead atoms. The van der Waals surface area contributed by atoms with E-state index in [1.165, 1.54) is 18.4 Å². The van der Waals surface area contributed by atoms with E-state index in [1.54, 1.807) is 0 Å². The molecular formula is C13H18ClN3. The minimum atomic E-state index is 0.557. The van der Waals surface area contributed by atoms with Crippen molar-refractivity contribution in [3.8, 4) is 0 Å². The number of hydrogen-bond acceptors (Lipinski definition) is 3. The van der Waals surface area contributed by atoms with E-state index < -0.39 is 0 Å². The summed E-state index contributed by atoms with van der Waals surface area (Å²) < 4.78 is 0. The Morgan fingerprint density at radius 1 is 1.29 bits per heavy atom. The molecule has 17 heavy (non-hydrogen) atoms. The summed E-state index contributed by atoms with van der Waals surface area (Å²) in [4.78, 5) is 6.82. The molecule has 1 aromatic rings. The molecule has 92 valence electrons. The van der Waals surface area contributed by atoms with Gasteiger partial charge < -0.3 is 5.32 Å². The van der Waals surface area contributed by atoms with Gasteiger partial charge in [0.25, 0.3) is 0 Å². The summed E-state index contributed by atoms with van der Waals surface area (Å²) in [6.45, 7) is 4.49. The van der Waals surface area contributed by atoms with Gasteiger partial charge in [0.15, 0.2) is 0 Å². The summed E-state index contributed by atoms with van der Waals surface area (Å²) in [5.74, 6) is 0.830. The Balaban J connectivity index is 1.81. The maximum Gasteiger partial charge on any atom is 0.129 e. The smallest absolute Gasteiger partial charge is 0.129 e. The first-order chi connectivity index (χ1) is 8.34. The molecule has 0 spiro atoms. The zero-order valence-electron chi connectivity index (χ0n) is 9.90. The van der Waals surface area contributed by atoms with E-state index in [4.69, 9.17) is 11.6 Å². The monoisotopic (exact) mass is 251 g/mol. The number of nitrogens with zero attached hydrogens (tertiary/aromatic N) is 2. The van der Waals surface area contributed by atoms with E-state index in [1.807, 2.05) is 12.3 Å². The van der Waals surface area contributed by atoms with Crippen molar-refractivity contribution in [2.24, 2.45) is 5.92 Å². The van der Waals surface area contributed by atoms with Gasteiger partial charge in [0, 0.05) is 38.4 Å².